The van der Waals surface area contributed by atoms with Crippen molar-refractivity contribution in [2.24, 2.45) is 0 Å². The van der Waals surface area contributed by atoms with Crippen molar-refractivity contribution in [2.45, 2.75) is 12.8 Å². The zero-order chi connectivity index (χ0) is 14.1. The number of hydrogen-bond donors (Lipinski definition) is 1. The highest BCUT2D eigenvalue weighted by Crippen LogP contribution is 2.37. The van der Waals surface area contributed by atoms with Gasteiger partial charge in [0.05, 0.1) is 12.2 Å². The van der Waals surface area contributed by atoms with Gasteiger partial charge in [0.2, 0.25) is 0 Å². The minimum atomic E-state index is -1.07. The van der Waals surface area contributed by atoms with E-state index in [9.17, 15) is 9.18 Å². The second-order valence-corrected chi connectivity index (χ2v) is 4.75. The number of halogens is 1. The van der Waals surface area contributed by atoms with Crippen molar-refractivity contribution in [1.82, 2.24) is 0 Å². The number of rotatable bonds is 2. The van der Waals surface area contributed by atoms with Gasteiger partial charge in [-0.1, -0.05) is 18.2 Å². The second kappa shape index (κ2) is 4.96. The van der Waals surface area contributed by atoms with Gasteiger partial charge in [-0.15, -0.1) is 0 Å². The van der Waals surface area contributed by atoms with Crippen LogP contribution in [0.25, 0.3) is 11.1 Å². The Morgan fingerprint density at radius 1 is 1.20 bits per heavy atom. The van der Waals surface area contributed by atoms with Gasteiger partial charge in [-0.3, -0.25) is 0 Å². The van der Waals surface area contributed by atoms with Gasteiger partial charge in [-0.25, -0.2) is 9.18 Å². The molecule has 3 rings (SSSR count). The quantitative estimate of drug-likeness (QED) is 0.909. The summed E-state index contributed by atoms with van der Waals surface area (Å²) in [7, 11) is 0. The molecule has 1 N–H and O–H groups in total. The first kappa shape index (κ1) is 12.7. The fourth-order valence-corrected chi connectivity index (χ4v) is 2.47. The van der Waals surface area contributed by atoms with Crippen molar-refractivity contribution in [1.29, 1.82) is 0 Å². The Bertz CT molecular complexity index is 679. The van der Waals surface area contributed by atoms with E-state index in [0.29, 0.717) is 17.9 Å². The van der Waals surface area contributed by atoms with Gasteiger partial charge >= 0.3 is 5.97 Å². The average molecular weight is 272 g/mol. The molecule has 2 aromatic carbocycles. The summed E-state index contributed by atoms with van der Waals surface area (Å²) in [6.45, 7) is 0.601. The summed E-state index contributed by atoms with van der Waals surface area (Å²) >= 11 is 0. The standard InChI is InChI=1S/C16H13FO3/c17-14-7-6-11(16(18)19)9-13(14)12-5-1-3-10-4-2-8-20-15(10)12/h1,3,5-7,9H,2,4,8H2,(H,18,19). The molecular weight excluding hydrogens is 259 g/mol. The van der Waals surface area contributed by atoms with Gasteiger partial charge in [-0.2, -0.15) is 0 Å². The number of aromatic carboxylic acids is 1. The number of fused-ring (bicyclic) bond motifs is 1. The van der Waals surface area contributed by atoms with Crippen LogP contribution in [0.1, 0.15) is 22.3 Å². The molecule has 1 aliphatic heterocycles. The number of ether oxygens (including phenoxy) is 1. The van der Waals surface area contributed by atoms with Crippen LogP contribution in [0.2, 0.25) is 0 Å². The van der Waals surface area contributed by atoms with Gasteiger partial charge in [0.15, 0.2) is 0 Å². The second-order valence-electron chi connectivity index (χ2n) is 4.75. The highest BCUT2D eigenvalue weighted by atomic mass is 19.1. The molecule has 1 aliphatic rings. The lowest BCUT2D eigenvalue weighted by atomic mass is 9.96. The molecule has 2 aromatic rings. The lowest BCUT2D eigenvalue weighted by Crippen LogP contribution is -2.09. The van der Waals surface area contributed by atoms with E-state index in [1.807, 2.05) is 12.1 Å². The van der Waals surface area contributed by atoms with Crippen LogP contribution in [0.4, 0.5) is 4.39 Å². The molecular formula is C16H13FO3. The van der Waals surface area contributed by atoms with Crippen LogP contribution in [0.15, 0.2) is 36.4 Å². The Labute approximate surface area is 115 Å². The average Bonchev–Trinajstić information content (AvgIpc) is 2.47. The lowest BCUT2D eigenvalue weighted by Gasteiger charge is -2.20. The summed E-state index contributed by atoms with van der Waals surface area (Å²) in [6, 6.07) is 9.35. The van der Waals surface area contributed by atoms with Gasteiger partial charge in [0, 0.05) is 11.1 Å². The van der Waals surface area contributed by atoms with E-state index < -0.39 is 11.8 Å². The summed E-state index contributed by atoms with van der Waals surface area (Å²) in [5, 5.41) is 9.03. The molecule has 0 spiro atoms. The van der Waals surface area contributed by atoms with E-state index in [0.717, 1.165) is 18.4 Å². The number of carboxylic acid groups (broad SMARTS) is 1. The number of aryl methyl sites for hydroxylation is 1. The molecule has 0 unspecified atom stereocenters. The van der Waals surface area contributed by atoms with Crippen LogP contribution in [0.3, 0.4) is 0 Å². The highest BCUT2D eigenvalue weighted by Gasteiger charge is 2.18. The molecule has 3 nitrogen and oxygen atoms in total. The predicted octanol–water partition coefficient (Wildman–Crippen LogP) is 3.52. The third kappa shape index (κ3) is 2.13. The number of carboxylic acids is 1. The maximum Gasteiger partial charge on any atom is 0.335 e. The molecule has 0 aliphatic carbocycles. The Morgan fingerprint density at radius 3 is 2.85 bits per heavy atom. The Morgan fingerprint density at radius 2 is 2.05 bits per heavy atom. The van der Waals surface area contributed by atoms with Crippen molar-refractivity contribution in [3.8, 4) is 16.9 Å². The normalized spacial score (nSPS) is 13.4. The summed E-state index contributed by atoms with van der Waals surface area (Å²) in [5.74, 6) is -0.852. The topological polar surface area (TPSA) is 46.5 Å². The molecule has 0 amide bonds. The number of carbonyl (C=O) groups is 1. The van der Waals surface area contributed by atoms with Crippen LogP contribution < -0.4 is 4.74 Å². The minimum Gasteiger partial charge on any atom is -0.493 e. The fraction of sp³-hybridized carbons (Fsp3) is 0.188. The monoisotopic (exact) mass is 272 g/mol. The van der Waals surface area contributed by atoms with E-state index in [1.165, 1.54) is 18.2 Å². The summed E-state index contributed by atoms with van der Waals surface area (Å²) < 4.78 is 19.7. The SMILES string of the molecule is O=C(O)c1ccc(F)c(-c2cccc3c2OCCC3)c1. The lowest BCUT2D eigenvalue weighted by molar-refractivity contribution is 0.0697. The van der Waals surface area contributed by atoms with Crippen LogP contribution in [0, 0.1) is 5.82 Å². The Hall–Kier alpha value is -2.36. The van der Waals surface area contributed by atoms with E-state index in [2.05, 4.69) is 0 Å². The molecule has 0 aromatic heterocycles. The maximum absolute atomic E-state index is 14.0. The first-order chi connectivity index (χ1) is 9.66. The number of para-hydroxylation sites is 1. The molecule has 0 fully saturated rings. The maximum atomic E-state index is 14.0. The van der Waals surface area contributed by atoms with Crippen molar-refractivity contribution in [3.63, 3.8) is 0 Å². The zero-order valence-electron chi connectivity index (χ0n) is 10.7. The molecule has 0 bridgehead atoms. The van der Waals surface area contributed by atoms with E-state index in [-0.39, 0.29) is 11.1 Å². The molecule has 0 saturated carbocycles. The van der Waals surface area contributed by atoms with Crippen molar-refractivity contribution in [2.75, 3.05) is 6.61 Å². The van der Waals surface area contributed by atoms with Gasteiger partial charge in [-0.05, 0) is 36.6 Å². The summed E-state index contributed by atoms with van der Waals surface area (Å²) in [4.78, 5) is 11.0. The van der Waals surface area contributed by atoms with E-state index >= 15 is 0 Å². The van der Waals surface area contributed by atoms with Crippen LogP contribution in [-0.2, 0) is 6.42 Å². The molecule has 20 heavy (non-hydrogen) atoms. The first-order valence-corrected chi connectivity index (χ1v) is 6.45. The molecule has 1 heterocycles. The smallest absolute Gasteiger partial charge is 0.335 e. The number of hydrogen-bond acceptors (Lipinski definition) is 2. The Balaban J connectivity index is 2.18. The highest BCUT2D eigenvalue weighted by molar-refractivity contribution is 5.90. The van der Waals surface area contributed by atoms with Crippen molar-refractivity contribution < 1.29 is 19.0 Å². The van der Waals surface area contributed by atoms with Gasteiger partial charge in [0.1, 0.15) is 11.6 Å². The predicted molar refractivity (Wildman–Crippen MR) is 72.6 cm³/mol. The zero-order valence-corrected chi connectivity index (χ0v) is 10.7. The largest absolute Gasteiger partial charge is 0.493 e. The third-order valence-electron chi connectivity index (χ3n) is 3.44. The molecule has 0 radical (unpaired) electrons. The van der Waals surface area contributed by atoms with Gasteiger partial charge < -0.3 is 9.84 Å². The molecule has 0 saturated heterocycles. The van der Waals surface area contributed by atoms with Crippen molar-refractivity contribution >= 4 is 5.97 Å². The summed E-state index contributed by atoms with van der Waals surface area (Å²) in [6.07, 6.45) is 1.83. The van der Waals surface area contributed by atoms with Gasteiger partial charge in [0.25, 0.3) is 0 Å². The minimum absolute atomic E-state index is 0.0646. The fourth-order valence-electron chi connectivity index (χ4n) is 2.47. The van der Waals surface area contributed by atoms with Crippen LogP contribution in [-0.4, -0.2) is 17.7 Å². The van der Waals surface area contributed by atoms with E-state index in [1.54, 1.807) is 6.07 Å². The van der Waals surface area contributed by atoms with E-state index in [4.69, 9.17) is 9.84 Å². The molecule has 4 heteroatoms. The van der Waals surface area contributed by atoms with Crippen LogP contribution >= 0.6 is 0 Å². The molecule has 0 atom stereocenters. The summed E-state index contributed by atoms with van der Waals surface area (Å²) in [5.41, 5.74) is 1.98. The number of benzene rings is 2. The first-order valence-electron chi connectivity index (χ1n) is 6.45. The molecule has 102 valence electrons. The van der Waals surface area contributed by atoms with Crippen LogP contribution in [0.5, 0.6) is 5.75 Å². The third-order valence-corrected chi connectivity index (χ3v) is 3.44. The Kier molecular flexibility index (Phi) is 3.14. The van der Waals surface area contributed by atoms with Crippen molar-refractivity contribution in [3.05, 3.63) is 53.3 Å².